The number of thioether (sulfide) groups is 1. The Morgan fingerprint density at radius 1 is 1.55 bits per heavy atom. The maximum Gasteiger partial charge on any atom is 0.337 e. The van der Waals surface area contributed by atoms with Gasteiger partial charge in [-0.1, -0.05) is 11.8 Å². The van der Waals surface area contributed by atoms with Crippen molar-refractivity contribution < 1.29 is 19.8 Å². The summed E-state index contributed by atoms with van der Waals surface area (Å²) in [4.78, 5) is 22.3. The molecular weight excluding hydrogens is 286 g/mol. The molecule has 9 nitrogen and oxygen atoms in total. The van der Waals surface area contributed by atoms with Crippen LogP contribution in [0.25, 0.3) is 0 Å². The molecule has 20 heavy (non-hydrogen) atoms. The highest BCUT2D eigenvalue weighted by Crippen LogP contribution is 2.36. The van der Waals surface area contributed by atoms with Crippen LogP contribution in [0.1, 0.15) is 25.8 Å². The minimum atomic E-state index is -1.98. The number of hydrogen-bond donors (Lipinski definition) is 3. The van der Waals surface area contributed by atoms with Crippen molar-refractivity contribution in [2.24, 2.45) is 0 Å². The number of aliphatic hydroxyl groups is 1. The third kappa shape index (κ3) is 3.67. The van der Waals surface area contributed by atoms with Gasteiger partial charge in [0.15, 0.2) is 5.60 Å². The molecule has 1 aliphatic carbocycles. The Morgan fingerprint density at radius 3 is 2.85 bits per heavy atom. The molecule has 1 aliphatic rings. The molecule has 110 valence electrons. The molecule has 10 heteroatoms. The lowest BCUT2D eigenvalue weighted by molar-refractivity contribution is -0.156. The summed E-state index contributed by atoms with van der Waals surface area (Å²) < 4.78 is 1.69. The number of rotatable bonds is 7. The third-order valence-electron chi connectivity index (χ3n) is 2.78. The van der Waals surface area contributed by atoms with Crippen molar-refractivity contribution in [2.45, 2.75) is 36.6 Å². The SMILES string of the molecule is CC(O)(CNC(=O)CSc1nnnn1C1CC1)C(=O)O. The molecule has 1 fully saturated rings. The molecule has 0 saturated heterocycles. The van der Waals surface area contributed by atoms with E-state index in [0.29, 0.717) is 11.2 Å². The van der Waals surface area contributed by atoms with Gasteiger partial charge >= 0.3 is 5.97 Å². The van der Waals surface area contributed by atoms with Crippen LogP contribution in [-0.2, 0) is 9.59 Å². The summed E-state index contributed by atoms with van der Waals surface area (Å²) in [7, 11) is 0. The van der Waals surface area contributed by atoms with Gasteiger partial charge in [0.1, 0.15) is 0 Å². The molecule has 0 bridgehead atoms. The molecule has 1 saturated carbocycles. The lowest BCUT2D eigenvalue weighted by Crippen LogP contribution is -2.46. The summed E-state index contributed by atoms with van der Waals surface area (Å²) >= 11 is 1.17. The number of carboxylic acids is 1. The smallest absolute Gasteiger partial charge is 0.337 e. The van der Waals surface area contributed by atoms with Gasteiger partial charge in [-0.25, -0.2) is 9.48 Å². The van der Waals surface area contributed by atoms with Crippen LogP contribution in [0.2, 0.25) is 0 Å². The van der Waals surface area contributed by atoms with Crippen molar-refractivity contribution in [2.75, 3.05) is 12.3 Å². The first-order valence-corrected chi connectivity index (χ1v) is 7.02. The van der Waals surface area contributed by atoms with E-state index in [4.69, 9.17) is 5.11 Å². The zero-order chi connectivity index (χ0) is 14.8. The maximum atomic E-state index is 11.6. The minimum absolute atomic E-state index is 0.0583. The van der Waals surface area contributed by atoms with Crippen LogP contribution in [0.5, 0.6) is 0 Å². The Labute approximate surface area is 118 Å². The first-order chi connectivity index (χ1) is 9.40. The molecule has 0 spiro atoms. The zero-order valence-electron chi connectivity index (χ0n) is 10.8. The fourth-order valence-corrected chi connectivity index (χ4v) is 2.13. The number of carboxylic acid groups (broad SMARTS) is 1. The molecule has 1 amide bonds. The molecule has 1 aromatic rings. The van der Waals surface area contributed by atoms with Crippen molar-refractivity contribution in [1.29, 1.82) is 0 Å². The van der Waals surface area contributed by atoms with E-state index in [1.54, 1.807) is 4.68 Å². The fourth-order valence-electron chi connectivity index (χ4n) is 1.36. The first kappa shape index (κ1) is 14.7. The number of aliphatic carboxylic acids is 1. The molecule has 1 atom stereocenters. The second-order valence-corrected chi connectivity index (χ2v) is 5.72. The number of hydrogen-bond acceptors (Lipinski definition) is 7. The van der Waals surface area contributed by atoms with Crippen LogP contribution >= 0.6 is 11.8 Å². The topological polar surface area (TPSA) is 130 Å². The van der Waals surface area contributed by atoms with Gasteiger partial charge in [-0.3, -0.25) is 4.79 Å². The molecule has 3 N–H and O–H groups in total. The Bertz CT molecular complexity index is 514. The van der Waals surface area contributed by atoms with Gasteiger partial charge in [-0.2, -0.15) is 0 Å². The number of carbonyl (C=O) groups is 2. The van der Waals surface area contributed by atoms with E-state index < -0.39 is 11.6 Å². The fraction of sp³-hybridized carbons (Fsp3) is 0.700. The number of nitrogens with zero attached hydrogens (tertiary/aromatic N) is 4. The highest BCUT2D eigenvalue weighted by Gasteiger charge is 2.31. The number of tetrazole rings is 1. The van der Waals surface area contributed by atoms with Crippen molar-refractivity contribution in [3.63, 3.8) is 0 Å². The summed E-state index contributed by atoms with van der Waals surface area (Å²) in [5, 5.41) is 32.3. The molecule has 1 unspecified atom stereocenters. The van der Waals surface area contributed by atoms with Crippen LogP contribution in [0, 0.1) is 0 Å². The predicted octanol–water partition coefficient (Wildman–Crippen LogP) is -0.948. The van der Waals surface area contributed by atoms with Gasteiger partial charge in [0.25, 0.3) is 0 Å². The predicted molar refractivity (Wildman–Crippen MR) is 68.1 cm³/mol. The van der Waals surface area contributed by atoms with E-state index in [2.05, 4.69) is 20.8 Å². The molecule has 1 aromatic heterocycles. The summed E-state index contributed by atoms with van der Waals surface area (Å²) in [6.45, 7) is 0.770. The quantitative estimate of drug-likeness (QED) is 0.550. The van der Waals surface area contributed by atoms with Gasteiger partial charge in [-0.05, 0) is 30.2 Å². The minimum Gasteiger partial charge on any atom is -0.479 e. The summed E-state index contributed by atoms with van der Waals surface area (Å²) in [5.74, 6) is -1.71. The van der Waals surface area contributed by atoms with E-state index >= 15 is 0 Å². The van der Waals surface area contributed by atoms with Crippen molar-refractivity contribution in [3.05, 3.63) is 0 Å². The van der Waals surface area contributed by atoms with Gasteiger partial charge < -0.3 is 15.5 Å². The van der Waals surface area contributed by atoms with E-state index in [1.165, 1.54) is 11.8 Å². The molecule has 0 aliphatic heterocycles. The highest BCUT2D eigenvalue weighted by molar-refractivity contribution is 7.99. The van der Waals surface area contributed by atoms with Crippen LogP contribution in [-0.4, -0.2) is 60.2 Å². The van der Waals surface area contributed by atoms with E-state index in [0.717, 1.165) is 19.8 Å². The molecule has 0 aromatic carbocycles. The second-order valence-electron chi connectivity index (χ2n) is 4.78. The van der Waals surface area contributed by atoms with Crippen LogP contribution in [0.3, 0.4) is 0 Å². The van der Waals surface area contributed by atoms with Gasteiger partial charge in [0.2, 0.25) is 11.1 Å². The van der Waals surface area contributed by atoms with Gasteiger partial charge in [-0.15, -0.1) is 5.10 Å². The number of aromatic nitrogens is 4. The average Bonchev–Trinajstić information content (AvgIpc) is 3.13. The van der Waals surface area contributed by atoms with E-state index in [1.807, 2.05) is 0 Å². The van der Waals surface area contributed by atoms with E-state index in [9.17, 15) is 14.7 Å². The van der Waals surface area contributed by atoms with Crippen molar-refractivity contribution in [1.82, 2.24) is 25.5 Å². The van der Waals surface area contributed by atoms with Crippen LogP contribution in [0.15, 0.2) is 5.16 Å². The van der Waals surface area contributed by atoms with Crippen molar-refractivity contribution >= 4 is 23.6 Å². The van der Waals surface area contributed by atoms with Crippen molar-refractivity contribution in [3.8, 4) is 0 Å². The normalized spacial score (nSPS) is 17.5. The summed E-state index contributed by atoms with van der Waals surface area (Å²) in [6, 6.07) is 0.323. The number of amides is 1. The van der Waals surface area contributed by atoms with Gasteiger partial charge in [0.05, 0.1) is 18.3 Å². The van der Waals surface area contributed by atoms with Crippen LogP contribution < -0.4 is 5.32 Å². The summed E-state index contributed by atoms with van der Waals surface area (Å²) in [5.41, 5.74) is -1.98. The first-order valence-electron chi connectivity index (χ1n) is 6.03. The molecule has 1 heterocycles. The van der Waals surface area contributed by atoms with E-state index in [-0.39, 0.29) is 18.2 Å². The maximum absolute atomic E-state index is 11.6. The zero-order valence-corrected chi connectivity index (χ0v) is 11.6. The number of carbonyl (C=O) groups excluding carboxylic acids is 1. The Hall–Kier alpha value is -1.68. The standard InChI is InChI=1S/C10H15N5O4S/c1-10(19,8(17)18)5-11-7(16)4-20-9-12-13-14-15(9)6-2-3-6/h6,19H,2-5H2,1H3,(H,11,16)(H,17,18). The third-order valence-corrected chi connectivity index (χ3v) is 3.71. The molecular formula is C10H15N5O4S. The Morgan fingerprint density at radius 2 is 2.25 bits per heavy atom. The summed E-state index contributed by atoms with van der Waals surface area (Å²) in [6.07, 6.45) is 2.07. The second kappa shape index (κ2) is 5.75. The number of nitrogens with one attached hydrogen (secondary N) is 1. The Kier molecular flexibility index (Phi) is 4.23. The highest BCUT2D eigenvalue weighted by atomic mass is 32.2. The lowest BCUT2D eigenvalue weighted by atomic mass is 10.1. The van der Waals surface area contributed by atoms with Crippen LogP contribution in [0.4, 0.5) is 0 Å². The molecule has 2 rings (SSSR count). The lowest BCUT2D eigenvalue weighted by Gasteiger charge is -2.18. The Balaban J connectivity index is 1.77. The monoisotopic (exact) mass is 301 g/mol. The van der Waals surface area contributed by atoms with Gasteiger partial charge in [0, 0.05) is 0 Å². The molecule has 0 radical (unpaired) electrons. The average molecular weight is 301 g/mol. The largest absolute Gasteiger partial charge is 0.479 e.